The molecule has 5 heteroatoms. The molecule has 0 radical (unpaired) electrons. The van der Waals surface area contributed by atoms with Gasteiger partial charge in [-0.3, -0.25) is 4.79 Å². The molecule has 182 valence electrons. The van der Waals surface area contributed by atoms with E-state index in [-0.39, 0.29) is 29.3 Å². The minimum atomic E-state index is -0.928. The number of esters is 1. The first-order valence-corrected chi connectivity index (χ1v) is 13.0. The third kappa shape index (κ3) is 3.94. The number of methoxy groups -OCH3 is 1. The van der Waals surface area contributed by atoms with Crippen LogP contribution >= 0.6 is 0 Å². The van der Waals surface area contributed by atoms with Crippen molar-refractivity contribution >= 4 is 5.97 Å². The Bertz CT molecular complexity index is 853. The normalized spacial score (nSPS) is 41.9. The number of nitrogens with zero attached hydrogens (tertiary/aromatic N) is 1. The van der Waals surface area contributed by atoms with Crippen LogP contribution in [0, 0.1) is 23.2 Å². The highest BCUT2D eigenvalue weighted by Crippen LogP contribution is 2.61. The second-order valence-electron chi connectivity index (χ2n) is 11.8. The van der Waals surface area contributed by atoms with Gasteiger partial charge in [0.25, 0.3) is 0 Å². The molecule has 2 aliphatic heterocycles. The van der Waals surface area contributed by atoms with Crippen LogP contribution in [0.1, 0.15) is 64.4 Å². The van der Waals surface area contributed by atoms with E-state index in [1.54, 1.807) is 7.11 Å². The van der Waals surface area contributed by atoms with E-state index in [2.05, 4.69) is 49.1 Å². The number of hydrogen-bond acceptors (Lipinski definition) is 5. The number of aliphatic hydroxyl groups is 1. The Kier molecular flexibility index (Phi) is 6.12. The molecule has 2 heterocycles. The third-order valence-corrected chi connectivity index (χ3v) is 9.98. The maximum atomic E-state index is 13.0. The van der Waals surface area contributed by atoms with Gasteiger partial charge in [0.2, 0.25) is 0 Å². The van der Waals surface area contributed by atoms with Gasteiger partial charge in [-0.05, 0) is 82.9 Å². The van der Waals surface area contributed by atoms with E-state index in [9.17, 15) is 9.90 Å². The molecule has 2 aliphatic carbocycles. The quantitative estimate of drug-likeness (QED) is 0.674. The number of fused-ring (bicyclic) bond motifs is 2. The lowest BCUT2D eigenvalue weighted by atomic mass is 9.49. The van der Waals surface area contributed by atoms with Crippen molar-refractivity contribution in [3.8, 4) is 0 Å². The molecule has 0 spiro atoms. The molecule has 2 saturated heterocycles. The van der Waals surface area contributed by atoms with Crippen molar-refractivity contribution in [2.24, 2.45) is 23.2 Å². The van der Waals surface area contributed by atoms with Gasteiger partial charge in [-0.2, -0.15) is 0 Å². The molecule has 2 saturated carbocycles. The summed E-state index contributed by atoms with van der Waals surface area (Å²) in [5.74, 6) is 0.594. The van der Waals surface area contributed by atoms with Crippen LogP contribution in [0.4, 0.5) is 0 Å². The van der Waals surface area contributed by atoms with Crippen molar-refractivity contribution < 1.29 is 19.4 Å². The zero-order valence-corrected chi connectivity index (χ0v) is 20.6. The fraction of sp³-hybridized carbons (Fsp3) is 0.750. The minimum absolute atomic E-state index is 0.0543. The van der Waals surface area contributed by atoms with E-state index in [0.717, 1.165) is 51.7 Å². The van der Waals surface area contributed by atoms with Gasteiger partial charge in [0, 0.05) is 25.0 Å². The highest BCUT2D eigenvalue weighted by atomic mass is 16.6. The number of likely N-dealkylation sites (tertiary alicyclic amines) is 1. The van der Waals surface area contributed by atoms with E-state index in [1.165, 1.54) is 18.4 Å². The molecule has 1 N–H and O–H groups in total. The van der Waals surface area contributed by atoms with Crippen LogP contribution in [0.2, 0.25) is 0 Å². The monoisotopic (exact) mass is 455 g/mol. The number of ether oxygens (including phenoxy) is 2. The summed E-state index contributed by atoms with van der Waals surface area (Å²) < 4.78 is 11.9. The summed E-state index contributed by atoms with van der Waals surface area (Å²) in [5.41, 5.74) is -0.354. The van der Waals surface area contributed by atoms with Crippen molar-refractivity contribution in [3.63, 3.8) is 0 Å². The van der Waals surface area contributed by atoms with Crippen molar-refractivity contribution in [3.05, 3.63) is 35.9 Å². The van der Waals surface area contributed by atoms with E-state index >= 15 is 0 Å². The van der Waals surface area contributed by atoms with Gasteiger partial charge in [0.1, 0.15) is 6.10 Å². The lowest BCUT2D eigenvalue weighted by molar-refractivity contribution is -0.270. The molecule has 0 aromatic heterocycles. The van der Waals surface area contributed by atoms with Gasteiger partial charge in [0.05, 0.1) is 17.1 Å². The molecular weight excluding hydrogens is 414 g/mol. The Morgan fingerprint density at radius 2 is 1.85 bits per heavy atom. The first kappa shape index (κ1) is 23.3. The Morgan fingerprint density at radius 3 is 2.55 bits per heavy atom. The number of carbonyl (C=O) groups excluding carboxylic acids is 1. The lowest BCUT2D eigenvalue weighted by Gasteiger charge is -2.62. The summed E-state index contributed by atoms with van der Waals surface area (Å²) in [6.45, 7) is 7.08. The first-order valence-electron chi connectivity index (χ1n) is 13.0. The van der Waals surface area contributed by atoms with E-state index in [1.807, 2.05) is 0 Å². The average Bonchev–Trinajstić information content (AvgIpc) is 3.08. The second kappa shape index (κ2) is 8.66. The minimum Gasteiger partial charge on any atom is -0.462 e. The number of hydrogen-bond donors (Lipinski definition) is 1. The summed E-state index contributed by atoms with van der Waals surface area (Å²) in [6.07, 6.45) is 7.63. The van der Waals surface area contributed by atoms with Gasteiger partial charge in [-0.15, -0.1) is 0 Å². The summed E-state index contributed by atoms with van der Waals surface area (Å²) in [4.78, 5) is 15.5. The molecule has 4 fully saturated rings. The summed E-state index contributed by atoms with van der Waals surface area (Å²) in [6, 6.07) is 10.8. The summed E-state index contributed by atoms with van der Waals surface area (Å²) >= 11 is 0. The molecule has 1 aromatic rings. The molecule has 4 aliphatic rings. The molecule has 5 nitrogen and oxygen atoms in total. The fourth-order valence-corrected chi connectivity index (χ4v) is 7.69. The Hall–Kier alpha value is -1.43. The number of rotatable bonds is 5. The lowest BCUT2D eigenvalue weighted by Crippen LogP contribution is -2.69. The van der Waals surface area contributed by atoms with Crippen LogP contribution in [-0.4, -0.2) is 60.0 Å². The van der Waals surface area contributed by atoms with Crippen LogP contribution in [0.25, 0.3) is 0 Å². The van der Waals surface area contributed by atoms with E-state index < -0.39 is 11.2 Å². The Labute approximate surface area is 198 Å². The first-order chi connectivity index (χ1) is 15.8. The van der Waals surface area contributed by atoms with Crippen molar-refractivity contribution in [1.82, 2.24) is 4.90 Å². The van der Waals surface area contributed by atoms with E-state index in [0.29, 0.717) is 12.3 Å². The smallest absolute Gasteiger partial charge is 0.310 e. The maximum absolute atomic E-state index is 13.0. The fourth-order valence-electron chi connectivity index (χ4n) is 7.69. The largest absolute Gasteiger partial charge is 0.462 e. The maximum Gasteiger partial charge on any atom is 0.310 e. The van der Waals surface area contributed by atoms with Crippen LogP contribution < -0.4 is 0 Å². The van der Waals surface area contributed by atoms with Crippen molar-refractivity contribution in [2.45, 2.75) is 82.5 Å². The van der Waals surface area contributed by atoms with Crippen molar-refractivity contribution in [2.75, 3.05) is 26.7 Å². The van der Waals surface area contributed by atoms with Crippen LogP contribution in [0.3, 0.4) is 0 Å². The second-order valence-corrected chi connectivity index (χ2v) is 11.8. The molecule has 6 atom stereocenters. The number of piperidine rings is 1. The standard InChI is InChI=1S/C28H41NO4/c1-26-12-7-13-27(2,32-3)28(26,31)17-22-23(25(30)33-24(22)18-26)19-29-14-10-21(11-15-29)16-20-8-5-4-6-9-20/h4-6,8-9,21-24,31H,7,10-19H2,1-3H3. The highest BCUT2D eigenvalue weighted by molar-refractivity contribution is 5.75. The number of benzene rings is 1. The average molecular weight is 456 g/mol. The topological polar surface area (TPSA) is 59.0 Å². The predicted molar refractivity (Wildman–Crippen MR) is 128 cm³/mol. The van der Waals surface area contributed by atoms with Gasteiger partial charge < -0.3 is 19.5 Å². The third-order valence-electron chi connectivity index (χ3n) is 9.98. The predicted octanol–water partition coefficient (Wildman–Crippen LogP) is 4.22. The van der Waals surface area contributed by atoms with E-state index in [4.69, 9.17) is 9.47 Å². The molecule has 0 bridgehead atoms. The SMILES string of the molecule is COC1(C)CCCC2(C)CC3OC(=O)C(CN4CCC(Cc5ccccc5)CC4)C3CC21O. The summed E-state index contributed by atoms with van der Waals surface area (Å²) in [5, 5.41) is 12.1. The van der Waals surface area contributed by atoms with Crippen molar-refractivity contribution in [1.29, 1.82) is 0 Å². The van der Waals surface area contributed by atoms with Gasteiger partial charge in [-0.1, -0.05) is 37.3 Å². The van der Waals surface area contributed by atoms with Gasteiger partial charge >= 0.3 is 5.97 Å². The number of carbonyl (C=O) groups is 1. The zero-order chi connectivity index (χ0) is 23.3. The Balaban J connectivity index is 1.25. The van der Waals surface area contributed by atoms with Crippen LogP contribution in [0.5, 0.6) is 0 Å². The summed E-state index contributed by atoms with van der Waals surface area (Å²) in [7, 11) is 1.73. The molecule has 0 amide bonds. The van der Waals surface area contributed by atoms with Gasteiger partial charge in [0.15, 0.2) is 0 Å². The Morgan fingerprint density at radius 1 is 1.12 bits per heavy atom. The molecule has 1 aromatic carbocycles. The molecule has 33 heavy (non-hydrogen) atoms. The van der Waals surface area contributed by atoms with Gasteiger partial charge in [-0.25, -0.2) is 0 Å². The highest BCUT2D eigenvalue weighted by Gasteiger charge is 2.67. The molecular formula is C28H41NO4. The van der Waals surface area contributed by atoms with Crippen LogP contribution in [-0.2, 0) is 20.7 Å². The van der Waals surface area contributed by atoms with Crippen LogP contribution in [0.15, 0.2) is 30.3 Å². The zero-order valence-electron chi connectivity index (χ0n) is 20.6. The molecule has 5 rings (SSSR count). The molecule has 6 unspecified atom stereocenters.